The zero-order chi connectivity index (χ0) is 13.6. The number of allylic oxidation sites excluding steroid dienone is 3. The normalized spacial score (nSPS) is 18.3. The van der Waals surface area contributed by atoms with E-state index in [0.717, 1.165) is 23.7 Å². The van der Waals surface area contributed by atoms with Crippen LogP contribution in [0.4, 0.5) is 0 Å². The first-order valence-corrected chi connectivity index (χ1v) is 6.77. The van der Waals surface area contributed by atoms with Crippen molar-refractivity contribution in [2.24, 2.45) is 5.73 Å². The second-order valence-corrected chi connectivity index (χ2v) is 5.27. The Kier molecular flexibility index (Phi) is 5.35. The fraction of sp³-hybridized carbons (Fsp3) is 0.400. The number of nitrogens with one attached hydrogen (secondary N) is 1. The molecule has 1 saturated heterocycles. The minimum absolute atomic E-state index is 0.476. The molecule has 0 aromatic carbocycles. The largest absolute Gasteiger partial charge is 0.388 e. The number of ether oxygens (including phenoxy) is 1. The van der Waals surface area contributed by atoms with Gasteiger partial charge in [-0.25, -0.2) is 8.42 Å². The van der Waals surface area contributed by atoms with Crippen molar-refractivity contribution in [2.45, 2.75) is 0 Å². The van der Waals surface area contributed by atoms with Gasteiger partial charge in [-0.05, 0) is 12.2 Å². The molecular weight excluding hydrogens is 258 g/mol. The van der Waals surface area contributed by atoms with Crippen molar-refractivity contribution in [3.05, 3.63) is 35.5 Å². The van der Waals surface area contributed by atoms with E-state index in [1.165, 1.54) is 12.2 Å². The lowest BCUT2D eigenvalue weighted by Gasteiger charge is -2.28. The average Bonchev–Trinajstić information content (AvgIpc) is 2.39. The van der Waals surface area contributed by atoms with Crippen LogP contribution in [0, 0.1) is 0 Å². The maximum atomic E-state index is 11.0. The van der Waals surface area contributed by atoms with Crippen molar-refractivity contribution in [1.29, 1.82) is 0 Å². The van der Waals surface area contributed by atoms with E-state index in [1.807, 2.05) is 4.90 Å². The molecule has 1 aliphatic rings. The zero-order valence-corrected chi connectivity index (χ0v) is 10.7. The molecule has 0 radical (unpaired) electrons. The molecule has 1 fully saturated rings. The molecule has 7 nitrogen and oxygen atoms in total. The molecule has 0 aliphatic carbocycles. The maximum absolute atomic E-state index is 11.0. The van der Waals surface area contributed by atoms with Gasteiger partial charge in [-0.15, -0.1) is 0 Å². The summed E-state index contributed by atoms with van der Waals surface area (Å²) in [7, 11) is -3.99. The average molecular weight is 275 g/mol. The minimum atomic E-state index is -3.99. The van der Waals surface area contributed by atoms with E-state index in [0.29, 0.717) is 13.2 Å². The van der Waals surface area contributed by atoms with Crippen LogP contribution in [0.15, 0.2) is 35.5 Å². The quantitative estimate of drug-likeness (QED) is 0.461. The highest BCUT2D eigenvalue weighted by Crippen LogP contribution is 2.07. The number of hydrogen-bond donors (Lipinski definition) is 3. The van der Waals surface area contributed by atoms with Crippen LogP contribution in [0.5, 0.6) is 0 Å². The Bertz CT molecular complexity index is 450. The highest BCUT2D eigenvalue weighted by Gasteiger charge is 2.11. The summed E-state index contributed by atoms with van der Waals surface area (Å²) in [5.74, 6) is 0. The molecule has 0 spiro atoms. The van der Waals surface area contributed by atoms with Crippen LogP contribution in [0.2, 0.25) is 0 Å². The lowest BCUT2D eigenvalue weighted by molar-refractivity contribution is 0.0556. The monoisotopic (exact) mass is 275 g/mol. The van der Waals surface area contributed by atoms with Crippen molar-refractivity contribution < 1.29 is 18.4 Å². The zero-order valence-electron chi connectivity index (χ0n) is 9.87. The van der Waals surface area contributed by atoms with Crippen molar-refractivity contribution in [2.75, 3.05) is 26.3 Å². The first-order chi connectivity index (χ1) is 8.47. The van der Waals surface area contributed by atoms with Crippen LogP contribution in [0.25, 0.3) is 0 Å². The van der Waals surface area contributed by atoms with Crippen LogP contribution in [0.1, 0.15) is 0 Å². The Labute approximate surface area is 106 Å². The predicted molar refractivity (Wildman–Crippen MR) is 66.8 cm³/mol. The first-order valence-electron chi connectivity index (χ1n) is 5.28. The molecule has 0 aromatic rings. The van der Waals surface area contributed by atoms with Crippen LogP contribution in [-0.4, -0.2) is 44.8 Å². The van der Waals surface area contributed by atoms with E-state index >= 15 is 0 Å². The van der Waals surface area contributed by atoms with E-state index in [1.54, 1.807) is 6.08 Å². The Morgan fingerprint density at radius 1 is 1.44 bits per heavy atom. The van der Waals surface area contributed by atoms with Crippen molar-refractivity contribution >= 4 is 10.0 Å². The summed E-state index contributed by atoms with van der Waals surface area (Å²) in [5.41, 5.74) is 6.01. The first kappa shape index (κ1) is 14.7. The molecule has 1 heterocycles. The SMILES string of the molecule is C=C(/C=C\C=C(/N)S(=O)(=O)NO)N1CCOCC1. The smallest absolute Gasteiger partial charge is 0.277 e. The van der Waals surface area contributed by atoms with E-state index in [2.05, 4.69) is 6.58 Å². The Balaban J connectivity index is 2.59. The van der Waals surface area contributed by atoms with Gasteiger partial charge in [0.25, 0.3) is 10.0 Å². The third-order valence-corrected chi connectivity index (χ3v) is 3.39. The van der Waals surface area contributed by atoms with E-state index in [4.69, 9.17) is 15.7 Å². The van der Waals surface area contributed by atoms with E-state index < -0.39 is 15.1 Å². The third kappa shape index (κ3) is 4.15. The van der Waals surface area contributed by atoms with Gasteiger partial charge in [0, 0.05) is 18.8 Å². The van der Waals surface area contributed by atoms with Crippen molar-refractivity contribution in [3.8, 4) is 0 Å². The van der Waals surface area contributed by atoms with Crippen molar-refractivity contribution in [1.82, 2.24) is 9.79 Å². The second-order valence-electron chi connectivity index (χ2n) is 3.61. The number of sulfonamides is 1. The summed E-state index contributed by atoms with van der Waals surface area (Å²) in [6.45, 7) is 6.65. The molecule has 0 aromatic heterocycles. The number of nitrogens with zero attached hydrogens (tertiary/aromatic N) is 1. The van der Waals surface area contributed by atoms with Gasteiger partial charge in [-0.2, -0.15) is 0 Å². The fourth-order valence-electron chi connectivity index (χ4n) is 1.35. The summed E-state index contributed by atoms with van der Waals surface area (Å²) in [4.78, 5) is 3.15. The van der Waals surface area contributed by atoms with E-state index in [-0.39, 0.29) is 0 Å². The van der Waals surface area contributed by atoms with Crippen LogP contribution in [0.3, 0.4) is 0 Å². The van der Waals surface area contributed by atoms with Gasteiger partial charge >= 0.3 is 0 Å². The summed E-state index contributed by atoms with van der Waals surface area (Å²) in [6.07, 6.45) is 4.28. The number of hydrogen-bond acceptors (Lipinski definition) is 6. The molecular formula is C10H17N3O4S. The standard InChI is InChI=1S/C10H17N3O4S/c1-9(13-5-7-17-8-6-13)3-2-4-10(11)18(15,16)12-14/h2-4,12,14H,1,5-8,11H2/b3-2-,10-4+. The Morgan fingerprint density at radius 3 is 2.61 bits per heavy atom. The summed E-state index contributed by atoms with van der Waals surface area (Å²) in [6, 6.07) is 0. The van der Waals surface area contributed by atoms with Crippen LogP contribution in [-0.2, 0) is 14.8 Å². The van der Waals surface area contributed by atoms with Crippen LogP contribution >= 0.6 is 0 Å². The van der Waals surface area contributed by atoms with Crippen molar-refractivity contribution in [3.63, 3.8) is 0 Å². The molecule has 18 heavy (non-hydrogen) atoms. The minimum Gasteiger partial charge on any atom is -0.388 e. The molecule has 0 saturated carbocycles. The Hall–Kier alpha value is -1.35. The lowest BCUT2D eigenvalue weighted by atomic mass is 10.3. The van der Waals surface area contributed by atoms with E-state index in [9.17, 15) is 8.42 Å². The molecule has 0 amide bonds. The molecule has 1 aliphatic heterocycles. The Morgan fingerprint density at radius 2 is 2.06 bits per heavy atom. The molecule has 102 valence electrons. The van der Waals surface area contributed by atoms with Gasteiger partial charge in [0.2, 0.25) is 0 Å². The summed E-state index contributed by atoms with van der Waals surface area (Å²) >= 11 is 0. The molecule has 4 N–H and O–H groups in total. The fourth-order valence-corrected chi connectivity index (χ4v) is 1.72. The highest BCUT2D eigenvalue weighted by atomic mass is 32.2. The van der Waals surface area contributed by atoms with Gasteiger partial charge in [0.15, 0.2) is 0 Å². The molecule has 0 unspecified atom stereocenters. The van der Waals surface area contributed by atoms with Gasteiger partial charge in [-0.3, -0.25) is 0 Å². The van der Waals surface area contributed by atoms with Gasteiger partial charge in [-0.1, -0.05) is 17.5 Å². The predicted octanol–water partition coefficient (Wildman–Crippen LogP) is -0.503. The molecule has 0 bridgehead atoms. The summed E-state index contributed by atoms with van der Waals surface area (Å²) < 4.78 is 27.3. The molecule has 0 atom stereocenters. The van der Waals surface area contributed by atoms with Gasteiger partial charge < -0.3 is 20.6 Å². The third-order valence-electron chi connectivity index (χ3n) is 2.40. The lowest BCUT2D eigenvalue weighted by Crippen LogP contribution is -2.34. The van der Waals surface area contributed by atoms with Gasteiger partial charge in [0.05, 0.1) is 13.2 Å². The summed E-state index contributed by atoms with van der Waals surface area (Å²) in [5, 5.41) is 7.88. The van der Waals surface area contributed by atoms with Crippen LogP contribution < -0.4 is 10.6 Å². The second kappa shape index (κ2) is 6.55. The van der Waals surface area contributed by atoms with Gasteiger partial charge in [0.1, 0.15) is 5.03 Å². The maximum Gasteiger partial charge on any atom is 0.277 e. The topological polar surface area (TPSA) is 105 Å². The number of morpholine rings is 1. The molecule has 8 heteroatoms. The highest BCUT2D eigenvalue weighted by molar-refractivity contribution is 7.93. The number of nitrogens with two attached hydrogens (primary N) is 1. The molecule has 1 rings (SSSR count). The number of rotatable bonds is 5.